The number of rotatable bonds is 6. The van der Waals surface area contributed by atoms with E-state index >= 15 is 0 Å². The van der Waals surface area contributed by atoms with Crippen molar-refractivity contribution in [1.29, 1.82) is 0 Å². The van der Waals surface area contributed by atoms with Crippen LogP contribution in [0, 0.1) is 13.8 Å². The van der Waals surface area contributed by atoms with Gasteiger partial charge >= 0.3 is 5.97 Å². The molecule has 0 aromatic carbocycles. The minimum Gasteiger partial charge on any atom is -0.465 e. The quantitative estimate of drug-likeness (QED) is 0.741. The molecule has 1 aliphatic rings. The molecule has 2 rings (SSSR count). The Labute approximate surface area is 142 Å². The molecule has 132 valence electrons. The summed E-state index contributed by atoms with van der Waals surface area (Å²) >= 11 is 0. The predicted molar refractivity (Wildman–Crippen MR) is 87.6 cm³/mol. The number of hydrogen-bond donors (Lipinski definition) is 2. The molecule has 7 nitrogen and oxygen atoms in total. The molecular weight excluding hydrogens is 344 g/mol. The Morgan fingerprint density at radius 2 is 2.09 bits per heavy atom. The van der Waals surface area contributed by atoms with Crippen LogP contribution in [0.2, 0.25) is 0 Å². The van der Waals surface area contributed by atoms with Crippen LogP contribution in [0.5, 0.6) is 0 Å². The van der Waals surface area contributed by atoms with Gasteiger partial charge in [-0.2, -0.15) is 0 Å². The lowest BCUT2D eigenvalue weighted by atomic mass is 10.2. The molecule has 23 heavy (non-hydrogen) atoms. The first kappa shape index (κ1) is 20.0. The van der Waals surface area contributed by atoms with Gasteiger partial charge in [-0.15, -0.1) is 12.4 Å². The van der Waals surface area contributed by atoms with Crippen molar-refractivity contribution in [2.24, 2.45) is 0 Å². The normalized spacial score (nSPS) is 17.8. The van der Waals surface area contributed by atoms with Crippen LogP contribution in [0.15, 0.2) is 9.31 Å². The van der Waals surface area contributed by atoms with Crippen LogP contribution in [0.3, 0.4) is 0 Å². The lowest BCUT2D eigenvalue weighted by Crippen LogP contribution is -2.31. The van der Waals surface area contributed by atoms with Crippen molar-refractivity contribution in [1.82, 2.24) is 10.0 Å². The maximum atomic E-state index is 12.5. The van der Waals surface area contributed by atoms with E-state index < -0.39 is 16.0 Å². The van der Waals surface area contributed by atoms with E-state index in [2.05, 4.69) is 14.8 Å². The molecule has 1 aromatic rings. The first-order valence-corrected chi connectivity index (χ1v) is 8.76. The first-order valence-electron chi connectivity index (χ1n) is 7.28. The van der Waals surface area contributed by atoms with E-state index in [1.54, 1.807) is 6.92 Å². The number of furan rings is 1. The van der Waals surface area contributed by atoms with Crippen LogP contribution in [0.25, 0.3) is 0 Å². The number of carbonyl (C=O) groups excluding carboxylic acids is 1. The maximum Gasteiger partial charge on any atom is 0.342 e. The highest BCUT2D eigenvalue weighted by Gasteiger charge is 2.31. The van der Waals surface area contributed by atoms with E-state index in [0.29, 0.717) is 19.0 Å². The zero-order chi connectivity index (χ0) is 16.3. The average Bonchev–Trinajstić information content (AvgIpc) is 3.05. The summed E-state index contributed by atoms with van der Waals surface area (Å²) in [7, 11) is -2.61. The molecule has 1 atom stereocenters. The lowest BCUT2D eigenvalue weighted by molar-refractivity contribution is 0.0595. The Morgan fingerprint density at radius 1 is 1.39 bits per heavy atom. The number of aryl methyl sites for hydroxylation is 2. The molecule has 9 heteroatoms. The van der Waals surface area contributed by atoms with Gasteiger partial charge in [0.2, 0.25) is 10.0 Å². The van der Waals surface area contributed by atoms with Crippen LogP contribution in [0.4, 0.5) is 0 Å². The minimum absolute atomic E-state index is 0. The van der Waals surface area contributed by atoms with Crippen LogP contribution in [-0.2, 0) is 14.8 Å². The summed E-state index contributed by atoms with van der Waals surface area (Å²) in [6, 6.07) is 0.343. The number of sulfonamides is 1. The zero-order valence-electron chi connectivity index (χ0n) is 13.5. The molecule has 2 heterocycles. The van der Waals surface area contributed by atoms with Crippen LogP contribution >= 0.6 is 12.4 Å². The summed E-state index contributed by atoms with van der Waals surface area (Å²) in [4.78, 5) is 11.7. The summed E-state index contributed by atoms with van der Waals surface area (Å²) < 4.78 is 37.5. The van der Waals surface area contributed by atoms with Gasteiger partial charge in [0.05, 0.1) is 7.11 Å². The number of nitrogens with one attached hydrogen (secondary N) is 2. The Kier molecular flexibility index (Phi) is 7.06. The summed E-state index contributed by atoms with van der Waals surface area (Å²) in [6.45, 7) is 4.35. The van der Waals surface area contributed by atoms with Crippen molar-refractivity contribution < 1.29 is 22.4 Å². The predicted octanol–water partition coefficient (Wildman–Crippen LogP) is 1.53. The fraction of sp³-hybridized carbons (Fsp3) is 0.643. The van der Waals surface area contributed by atoms with Gasteiger partial charge in [-0.05, 0) is 39.7 Å². The monoisotopic (exact) mass is 366 g/mol. The molecule has 2 N–H and O–H groups in total. The van der Waals surface area contributed by atoms with E-state index in [1.165, 1.54) is 14.0 Å². The van der Waals surface area contributed by atoms with Crippen LogP contribution in [-0.4, -0.2) is 40.6 Å². The summed E-state index contributed by atoms with van der Waals surface area (Å²) in [5, 5.41) is 3.31. The number of ether oxygens (including phenoxy) is 1. The molecule has 0 spiro atoms. The first-order chi connectivity index (χ1) is 10.4. The smallest absolute Gasteiger partial charge is 0.342 e. The topological polar surface area (TPSA) is 97.6 Å². The van der Waals surface area contributed by atoms with Gasteiger partial charge in [0.15, 0.2) is 0 Å². The molecule has 1 saturated heterocycles. The fourth-order valence-electron chi connectivity index (χ4n) is 2.77. The van der Waals surface area contributed by atoms with Gasteiger partial charge in [0.25, 0.3) is 0 Å². The van der Waals surface area contributed by atoms with Crippen molar-refractivity contribution in [3.63, 3.8) is 0 Å². The van der Waals surface area contributed by atoms with Gasteiger partial charge in [0.1, 0.15) is 22.0 Å². The van der Waals surface area contributed by atoms with Gasteiger partial charge in [-0.1, -0.05) is 0 Å². The third-order valence-corrected chi connectivity index (χ3v) is 5.42. The number of methoxy groups -OCH3 is 1. The maximum absolute atomic E-state index is 12.5. The summed E-state index contributed by atoms with van der Waals surface area (Å²) in [5.41, 5.74) is -0.0357. The second-order valence-electron chi connectivity index (χ2n) is 5.39. The van der Waals surface area contributed by atoms with Gasteiger partial charge in [-0.25, -0.2) is 17.9 Å². The summed E-state index contributed by atoms with van der Waals surface area (Å²) in [5.74, 6) is -0.293. The largest absolute Gasteiger partial charge is 0.465 e. The Morgan fingerprint density at radius 3 is 2.65 bits per heavy atom. The molecule has 0 saturated carbocycles. The van der Waals surface area contributed by atoms with E-state index in [9.17, 15) is 13.2 Å². The molecule has 0 bridgehead atoms. The molecule has 0 amide bonds. The standard InChI is InChI=1S/C14H22N2O5S.ClH/c1-9-12(14(17)20-3)13(10(2)21-9)22(18,19)16-8-6-11-5-4-7-15-11;/h11,15-16H,4-8H2,1-3H3;1H/t11-;/m1./s1. The van der Waals surface area contributed by atoms with E-state index in [1.807, 2.05) is 0 Å². The Balaban J connectivity index is 0.00000264. The molecular formula is C14H23ClN2O5S. The number of carbonyl (C=O) groups is 1. The summed E-state index contributed by atoms with van der Waals surface area (Å²) in [6.07, 6.45) is 2.88. The Hall–Kier alpha value is -1.09. The minimum atomic E-state index is -3.82. The molecule has 0 aliphatic carbocycles. The van der Waals surface area contributed by atoms with E-state index in [0.717, 1.165) is 19.4 Å². The number of hydrogen-bond acceptors (Lipinski definition) is 6. The van der Waals surface area contributed by atoms with Gasteiger partial charge in [-0.3, -0.25) is 0 Å². The third-order valence-electron chi connectivity index (χ3n) is 3.81. The molecule has 1 aliphatic heterocycles. The van der Waals surface area contributed by atoms with Gasteiger partial charge in [0, 0.05) is 12.6 Å². The highest BCUT2D eigenvalue weighted by molar-refractivity contribution is 7.89. The van der Waals surface area contributed by atoms with Crippen molar-refractivity contribution in [3.05, 3.63) is 17.1 Å². The highest BCUT2D eigenvalue weighted by Crippen LogP contribution is 2.27. The lowest BCUT2D eigenvalue weighted by Gasteiger charge is -2.11. The number of halogens is 1. The van der Waals surface area contributed by atoms with Crippen LogP contribution in [0.1, 0.15) is 41.1 Å². The van der Waals surface area contributed by atoms with E-state index in [-0.39, 0.29) is 34.4 Å². The average molecular weight is 367 g/mol. The second kappa shape index (κ2) is 8.14. The zero-order valence-corrected chi connectivity index (χ0v) is 15.1. The molecule has 1 fully saturated rings. The van der Waals surface area contributed by atoms with Crippen molar-refractivity contribution in [3.8, 4) is 0 Å². The molecule has 0 unspecified atom stereocenters. The Bertz CT molecular complexity index is 650. The van der Waals surface area contributed by atoms with Crippen molar-refractivity contribution in [2.75, 3.05) is 20.2 Å². The van der Waals surface area contributed by atoms with Crippen molar-refractivity contribution in [2.45, 2.75) is 44.0 Å². The SMILES string of the molecule is COC(=O)c1c(C)oc(C)c1S(=O)(=O)NCC[C@H]1CCCN1.Cl. The second-order valence-corrected chi connectivity index (χ2v) is 7.09. The fourth-order valence-corrected chi connectivity index (χ4v) is 4.21. The highest BCUT2D eigenvalue weighted by atomic mass is 35.5. The van der Waals surface area contributed by atoms with Gasteiger partial charge < -0.3 is 14.5 Å². The van der Waals surface area contributed by atoms with Crippen LogP contribution < -0.4 is 10.0 Å². The van der Waals surface area contributed by atoms with Crippen molar-refractivity contribution >= 4 is 28.4 Å². The third kappa shape index (κ3) is 4.47. The molecule has 1 aromatic heterocycles. The van der Waals surface area contributed by atoms with E-state index in [4.69, 9.17) is 4.42 Å². The molecule has 0 radical (unpaired) electrons. The number of esters is 1.